The average Bonchev–Trinajstić information content (AvgIpc) is 2.36. The van der Waals surface area contributed by atoms with Gasteiger partial charge in [-0.15, -0.1) is 0 Å². The summed E-state index contributed by atoms with van der Waals surface area (Å²) in [5.74, 6) is -0.132. The van der Waals surface area contributed by atoms with Gasteiger partial charge in [0, 0.05) is 12.1 Å². The van der Waals surface area contributed by atoms with Crippen LogP contribution in [0.5, 0.6) is 0 Å². The van der Waals surface area contributed by atoms with Gasteiger partial charge >= 0.3 is 0 Å². The van der Waals surface area contributed by atoms with Crippen molar-refractivity contribution in [3.63, 3.8) is 0 Å². The Kier molecular flexibility index (Phi) is 3.81. The van der Waals surface area contributed by atoms with E-state index in [-0.39, 0.29) is 17.9 Å². The summed E-state index contributed by atoms with van der Waals surface area (Å²) in [5, 5.41) is 5.75. The van der Waals surface area contributed by atoms with Gasteiger partial charge in [-0.1, -0.05) is 12.1 Å². The summed E-state index contributed by atoms with van der Waals surface area (Å²) in [6.45, 7) is 5.28. The Balaban J connectivity index is 2.14. The van der Waals surface area contributed by atoms with Crippen LogP contribution >= 0.6 is 0 Å². The number of carbonyl (C=O) groups excluding carboxylic acids is 2. The van der Waals surface area contributed by atoms with E-state index in [2.05, 4.69) is 10.6 Å². The zero-order chi connectivity index (χ0) is 14.9. The molecule has 0 bridgehead atoms. The molecule has 2 rings (SSSR count). The van der Waals surface area contributed by atoms with E-state index in [1.165, 1.54) is 0 Å². The van der Waals surface area contributed by atoms with Crippen molar-refractivity contribution < 1.29 is 9.59 Å². The van der Waals surface area contributed by atoms with Crippen molar-refractivity contribution in [2.24, 2.45) is 5.73 Å². The number of amides is 2. The van der Waals surface area contributed by atoms with Crippen LogP contribution in [0.3, 0.4) is 0 Å². The number of nitrogens with two attached hydrogens (primary N) is 1. The number of benzene rings is 1. The largest absolute Gasteiger partial charge is 0.348 e. The Morgan fingerprint density at radius 2 is 2.10 bits per heavy atom. The van der Waals surface area contributed by atoms with Gasteiger partial charge in [0.1, 0.15) is 0 Å². The van der Waals surface area contributed by atoms with Crippen LogP contribution in [0.25, 0.3) is 0 Å². The van der Waals surface area contributed by atoms with Crippen LogP contribution in [0, 0.1) is 0 Å². The van der Waals surface area contributed by atoms with Crippen molar-refractivity contribution in [3.05, 3.63) is 29.3 Å². The lowest BCUT2D eigenvalue weighted by Gasteiger charge is -2.24. The maximum Gasteiger partial charge on any atom is 0.239 e. The lowest BCUT2D eigenvalue weighted by Crippen LogP contribution is -2.49. The molecule has 1 atom stereocenters. The van der Waals surface area contributed by atoms with Gasteiger partial charge in [0.05, 0.1) is 11.6 Å². The number of carbonyl (C=O) groups is 2. The molecule has 0 aliphatic carbocycles. The van der Waals surface area contributed by atoms with E-state index in [1.807, 2.05) is 25.1 Å². The second-order valence-corrected chi connectivity index (χ2v) is 5.88. The van der Waals surface area contributed by atoms with Crippen LogP contribution in [-0.2, 0) is 16.0 Å². The number of hydrogen-bond acceptors (Lipinski definition) is 3. The zero-order valence-corrected chi connectivity index (χ0v) is 12.1. The Bertz CT molecular complexity index is 547. The number of hydrogen-bond donors (Lipinski definition) is 3. The van der Waals surface area contributed by atoms with E-state index < -0.39 is 5.54 Å². The van der Waals surface area contributed by atoms with E-state index in [9.17, 15) is 9.59 Å². The fraction of sp³-hybridized carbons (Fsp3) is 0.467. The number of fused-ring (bicyclic) bond motifs is 1. The molecule has 4 N–H and O–H groups in total. The first-order chi connectivity index (χ1) is 9.27. The Morgan fingerprint density at radius 1 is 1.40 bits per heavy atom. The van der Waals surface area contributed by atoms with Crippen LogP contribution in [0.2, 0.25) is 0 Å². The predicted octanol–water partition coefficient (Wildman–Crippen LogP) is 1.49. The van der Waals surface area contributed by atoms with Crippen LogP contribution in [0.4, 0.5) is 5.69 Å². The van der Waals surface area contributed by atoms with Gasteiger partial charge in [0.15, 0.2) is 0 Å². The van der Waals surface area contributed by atoms with Crippen LogP contribution in [0.1, 0.15) is 44.4 Å². The van der Waals surface area contributed by atoms with Crippen molar-refractivity contribution >= 4 is 17.5 Å². The molecule has 5 nitrogen and oxygen atoms in total. The standard InChI is InChI=1S/C15H21N3O2/c1-9(17-14(20)15(2,3)16)10-4-6-12-11(8-10)5-7-13(19)18-12/h4,6,8-9H,5,7,16H2,1-3H3,(H,17,20)(H,18,19). The monoisotopic (exact) mass is 275 g/mol. The van der Waals surface area contributed by atoms with E-state index >= 15 is 0 Å². The average molecular weight is 275 g/mol. The SMILES string of the molecule is CC(NC(=O)C(C)(C)N)c1ccc2c(c1)CCC(=O)N2. The van der Waals surface area contributed by atoms with Crippen LogP contribution in [-0.4, -0.2) is 17.4 Å². The number of nitrogens with one attached hydrogen (secondary N) is 2. The zero-order valence-electron chi connectivity index (χ0n) is 12.1. The van der Waals surface area contributed by atoms with E-state index in [0.717, 1.165) is 23.2 Å². The van der Waals surface area contributed by atoms with Crippen LogP contribution in [0.15, 0.2) is 18.2 Å². The Morgan fingerprint density at radius 3 is 2.75 bits per heavy atom. The van der Waals surface area contributed by atoms with Gasteiger partial charge < -0.3 is 16.4 Å². The molecule has 5 heteroatoms. The third-order valence-electron chi connectivity index (χ3n) is 3.46. The lowest BCUT2D eigenvalue weighted by molar-refractivity contribution is -0.125. The molecule has 20 heavy (non-hydrogen) atoms. The predicted molar refractivity (Wildman–Crippen MR) is 78.2 cm³/mol. The molecule has 0 fully saturated rings. The highest BCUT2D eigenvalue weighted by atomic mass is 16.2. The molecule has 0 radical (unpaired) electrons. The van der Waals surface area contributed by atoms with Crippen molar-refractivity contribution in [1.29, 1.82) is 0 Å². The van der Waals surface area contributed by atoms with Gasteiger partial charge in [-0.3, -0.25) is 9.59 Å². The highest BCUT2D eigenvalue weighted by molar-refractivity contribution is 5.94. The Labute approximate surface area is 118 Å². The summed E-state index contributed by atoms with van der Waals surface area (Å²) < 4.78 is 0. The third kappa shape index (κ3) is 3.17. The molecule has 1 unspecified atom stereocenters. The van der Waals surface area contributed by atoms with Crippen molar-refractivity contribution in [1.82, 2.24) is 5.32 Å². The first kappa shape index (κ1) is 14.5. The Hall–Kier alpha value is -1.88. The minimum Gasteiger partial charge on any atom is -0.348 e. The summed E-state index contributed by atoms with van der Waals surface area (Å²) in [5.41, 5.74) is 7.86. The third-order valence-corrected chi connectivity index (χ3v) is 3.46. The van der Waals surface area contributed by atoms with Gasteiger partial charge in [-0.2, -0.15) is 0 Å². The second-order valence-electron chi connectivity index (χ2n) is 5.88. The fourth-order valence-electron chi connectivity index (χ4n) is 2.14. The molecule has 1 aromatic carbocycles. The maximum absolute atomic E-state index is 11.9. The first-order valence-corrected chi connectivity index (χ1v) is 6.80. The highest BCUT2D eigenvalue weighted by Crippen LogP contribution is 2.26. The molecule has 0 spiro atoms. The van der Waals surface area contributed by atoms with Crippen LogP contribution < -0.4 is 16.4 Å². The summed E-state index contributed by atoms with van der Waals surface area (Å²) in [4.78, 5) is 23.2. The van der Waals surface area contributed by atoms with Gasteiger partial charge in [0.2, 0.25) is 11.8 Å². The smallest absolute Gasteiger partial charge is 0.239 e. The number of rotatable bonds is 3. The first-order valence-electron chi connectivity index (χ1n) is 6.80. The van der Waals surface area contributed by atoms with Crippen molar-refractivity contribution in [3.8, 4) is 0 Å². The second kappa shape index (κ2) is 5.25. The number of aryl methyl sites for hydroxylation is 1. The minimum absolute atomic E-state index is 0.0523. The normalized spacial score (nSPS) is 16.1. The van der Waals surface area contributed by atoms with Crippen molar-refractivity contribution in [2.75, 3.05) is 5.32 Å². The molecular formula is C15H21N3O2. The van der Waals surface area contributed by atoms with E-state index in [1.54, 1.807) is 13.8 Å². The highest BCUT2D eigenvalue weighted by Gasteiger charge is 2.24. The molecule has 1 aliphatic rings. The molecule has 0 saturated heterocycles. The van der Waals surface area contributed by atoms with E-state index in [4.69, 9.17) is 5.73 Å². The topological polar surface area (TPSA) is 84.2 Å². The van der Waals surface area contributed by atoms with Gasteiger partial charge in [0.25, 0.3) is 0 Å². The lowest BCUT2D eigenvalue weighted by atomic mass is 9.97. The molecule has 1 heterocycles. The van der Waals surface area contributed by atoms with Crippen molar-refractivity contribution in [2.45, 2.75) is 45.2 Å². The molecule has 0 aromatic heterocycles. The summed E-state index contributed by atoms with van der Waals surface area (Å²) in [6.07, 6.45) is 1.24. The molecule has 0 saturated carbocycles. The maximum atomic E-state index is 11.9. The van der Waals surface area contributed by atoms with E-state index in [0.29, 0.717) is 6.42 Å². The summed E-state index contributed by atoms with van der Waals surface area (Å²) >= 11 is 0. The number of anilines is 1. The summed E-state index contributed by atoms with van der Waals surface area (Å²) in [7, 11) is 0. The molecule has 2 amide bonds. The minimum atomic E-state index is -0.892. The molecule has 1 aromatic rings. The van der Waals surface area contributed by atoms with Gasteiger partial charge in [-0.25, -0.2) is 0 Å². The summed E-state index contributed by atoms with van der Waals surface area (Å²) in [6, 6.07) is 5.72. The quantitative estimate of drug-likeness (QED) is 0.781. The molecule has 108 valence electrons. The molecule has 1 aliphatic heterocycles. The molecular weight excluding hydrogens is 254 g/mol. The van der Waals surface area contributed by atoms with Gasteiger partial charge in [-0.05, 0) is 44.4 Å². The fourth-order valence-corrected chi connectivity index (χ4v) is 2.14.